The first-order chi connectivity index (χ1) is 5.20. The molecule has 0 aromatic heterocycles. The minimum atomic E-state index is -0.306. The van der Waals surface area contributed by atoms with Crippen LogP contribution in [0.2, 0.25) is 0 Å². The summed E-state index contributed by atoms with van der Waals surface area (Å²) in [4.78, 5) is 10.6. The number of hydrogen-bond donors (Lipinski definition) is 2. The Bertz CT molecular complexity index is 119. The number of carbonyl (C=O) groups excluding carboxylic acids is 1. The van der Waals surface area contributed by atoms with Gasteiger partial charge in [0.25, 0.3) is 0 Å². The first kappa shape index (κ1) is 10.8. The van der Waals surface area contributed by atoms with E-state index in [0.29, 0.717) is 12.8 Å². The van der Waals surface area contributed by atoms with Crippen molar-refractivity contribution in [3.8, 4) is 0 Å². The summed E-state index contributed by atoms with van der Waals surface area (Å²) in [7, 11) is 0. The van der Waals surface area contributed by atoms with Crippen molar-refractivity contribution >= 4 is 18.9 Å². The van der Waals surface area contributed by atoms with E-state index in [-0.39, 0.29) is 12.0 Å². The van der Waals surface area contributed by atoms with Crippen LogP contribution >= 0.6 is 12.9 Å². The Hall–Kier alpha value is -0.220. The molecule has 11 heavy (non-hydrogen) atoms. The molecule has 0 aliphatic heterocycles. The molecular formula is C7H15NO2S. The van der Waals surface area contributed by atoms with Crippen LogP contribution in [0.1, 0.15) is 32.6 Å². The maximum atomic E-state index is 10.6. The topological polar surface area (TPSA) is 52.3 Å². The van der Waals surface area contributed by atoms with E-state index in [1.54, 1.807) is 0 Å². The molecule has 2 N–H and O–H groups in total. The van der Waals surface area contributed by atoms with Crippen LogP contribution in [-0.2, 0) is 8.98 Å². The van der Waals surface area contributed by atoms with E-state index in [9.17, 15) is 4.79 Å². The van der Waals surface area contributed by atoms with Crippen LogP contribution in [0.15, 0.2) is 0 Å². The fourth-order valence-electron chi connectivity index (χ4n) is 0.864. The third-order valence-corrected chi connectivity index (χ3v) is 1.68. The van der Waals surface area contributed by atoms with Gasteiger partial charge in [-0.15, -0.1) is 0 Å². The van der Waals surface area contributed by atoms with Gasteiger partial charge in [0.2, 0.25) is 0 Å². The van der Waals surface area contributed by atoms with Gasteiger partial charge in [0, 0.05) is 25.4 Å². The second-order valence-electron chi connectivity index (χ2n) is 2.55. The van der Waals surface area contributed by atoms with E-state index in [1.807, 2.05) is 0 Å². The van der Waals surface area contributed by atoms with Crippen molar-refractivity contribution < 1.29 is 8.98 Å². The van der Waals surface area contributed by atoms with Crippen molar-refractivity contribution in [2.45, 2.75) is 38.6 Å². The fourth-order valence-corrected chi connectivity index (χ4v) is 0.955. The minimum absolute atomic E-state index is 0.118. The maximum Gasteiger partial charge on any atom is 0.317 e. The van der Waals surface area contributed by atoms with Crippen LogP contribution < -0.4 is 5.73 Å². The molecule has 0 aromatic carbocycles. The average Bonchev–Trinajstić information content (AvgIpc) is 2.01. The SMILES string of the molecule is CCC[C@@H](N)CCC(=O)OS. The van der Waals surface area contributed by atoms with Crippen LogP contribution in [0.4, 0.5) is 0 Å². The second-order valence-corrected chi connectivity index (χ2v) is 2.73. The highest BCUT2D eigenvalue weighted by atomic mass is 32.1. The highest BCUT2D eigenvalue weighted by Gasteiger charge is 2.05. The van der Waals surface area contributed by atoms with Gasteiger partial charge in [-0.1, -0.05) is 13.3 Å². The lowest BCUT2D eigenvalue weighted by Crippen LogP contribution is -2.20. The third kappa shape index (κ3) is 6.19. The molecule has 0 spiro atoms. The molecule has 0 aliphatic carbocycles. The standard InChI is InChI=1S/C7H15NO2S/c1-2-3-6(8)4-5-7(9)10-11/h6,11H,2-5,8H2,1H3/t6-/m1/s1. The van der Waals surface area contributed by atoms with Gasteiger partial charge in [0.05, 0.1) is 0 Å². The number of hydrogen-bond acceptors (Lipinski definition) is 4. The van der Waals surface area contributed by atoms with E-state index < -0.39 is 0 Å². The molecule has 0 radical (unpaired) electrons. The highest BCUT2D eigenvalue weighted by molar-refractivity contribution is 7.75. The molecule has 0 aliphatic rings. The molecule has 0 amide bonds. The molecule has 4 heteroatoms. The number of nitrogens with two attached hydrogens (primary N) is 1. The lowest BCUT2D eigenvalue weighted by atomic mass is 10.1. The van der Waals surface area contributed by atoms with Gasteiger partial charge in [0.1, 0.15) is 0 Å². The Kier molecular flexibility index (Phi) is 6.36. The Balaban J connectivity index is 3.29. The molecule has 0 saturated heterocycles. The summed E-state index contributed by atoms with van der Waals surface area (Å²) in [5, 5.41) is 0. The van der Waals surface area contributed by atoms with Crippen molar-refractivity contribution in [3.63, 3.8) is 0 Å². The lowest BCUT2D eigenvalue weighted by Gasteiger charge is -2.07. The van der Waals surface area contributed by atoms with Crippen molar-refractivity contribution in [3.05, 3.63) is 0 Å². The zero-order valence-corrected chi connectivity index (χ0v) is 7.64. The summed E-state index contributed by atoms with van der Waals surface area (Å²) >= 11 is 3.38. The van der Waals surface area contributed by atoms with Crippen molar-refractivity contribution in [1.29, 1.82) is 0 Å². The van der Waals surface area contributed by atoms with E-state index >= 15 is 0 Å². The summed E-state index contributed by atoms with van der Waals surface area (Å²) in [5.74, 6) is -0.306. The first-order valence-corrected chi connectivity index (χ1v) is 4.17. The van der Waals surface area contributed by atoms with E-state index in [2.05, 4.69) is 24.0 Å². The second kappa shape index (κ2) is 6.49. The minimum Gasteiger partial charge on any atom is -0.395 e. The van der Waals surface area contributed by atoms with Gasteiger partial charge in [-0.25, -0.2) is 0 Å². The third-order valence-electron chi connectivity index (χ3n) is 1.48. The van der Waals surface area contributed by atoms with E-state index in [1.165, 1.54) is 0 Å². The van der Waals surface area contributed by atoms with E-state index in [4.69, 9.17) is 5.73 Å². The number of carbonyl (C=O) groups is 1. The number of thiol groups is 1. The van der Waals surface area contributed by atoms with Crippen molar-refractivity contribution in [2.24, 2.45) is 5.73 Å². The summed E-state index contributed by atoms with van der Waals surface area (Å²) in [6, 6.07) is 0.118. The zero-order valence-electron chi connectivity index (χ0n) is 6.75. The normalized spacial score (nSPS) is 12.6. The predicted octanol–water partition coefficient (Wildman–Crippen LogP) is 1.28. The van der Waals surface area contributed by atoms with Crippen molar-refractivity contribution in [2.75, 3.05) is 0 Å². The lowest BCUT2D eigenvalue weighted by molar-refractivity contribution is -0.133. The van der Waals surface area contributed by atoms with Gasteiger partial charge in [-0.2, -0.15) is 0 Å². The molecule has 0 saturated carbocycles. The highest BCUT2D eigenvalue weighted by Crippen LogP contribution is 2.03. The molecule has 0 aromatic rings. The van der Waals surface area contributed by atoms with Gasteiger partial charge in [0.15, 0.2) is 0 Å². The quantitative estimate of drug-likeness (QED) is 0.491. The summed E-state index contributed by atoms with van der Waals surface area (Å²) in [6.45, 7) is 2.07. The molecule has 0 bridgehead atoms. The molecule has 0 rings (SSSR count). The Morgan fingerprint density at radius 3 is 2.73 bits per heavy atom. The maximum absolute atomic E-state index is 10.6. The van der Waals surface area contributed by atoms with Gasteiger partial charge in [-0.05, 0) is 12.8 Å². The Morgan fingerprint density at radius 1 is 1.64 bits per heavy atom. The number of rotatable bonds is 5. The Morgan fingerprint density at radius 2 is 2.27 bits per heavy atom. The van der Waals surface area contributed by atoms with Gasteiger partial charge < -0.3 is 9.92 Å². The van der Waals surface area contributed by atoms with E-state index in [0.717, 1.165) is 12.8 Å². The van der Waals surface area contributed by atoms with Crippen LogP contribution in [0.3, 0.4) is 0 Å². The fraction of sp³-hybridized carbons (Fsp3) is 0.857. The first-order valence-electron chi connectivity index (χ1n) is 3.80. The van der Waals surface area contributed by atoms with Crippen LogP contribution in [-0.4, -0.2) is 12.0 Å². The van der Waals surface area contributed by atoms with Crippen LogP contribution in [0.25, 0.3) is 0 Å². The summed E-state index contributed by atoms with van der Waals surface area (Å²) in [5.41, 5.74) is 5.65. The van der Waals surface area contributed by atoms with Gasteiger partial charge >= 0.3 is 5.97 Å². The molecule has 3 nitrogen and oxygen atoms in total. The zero-order chi connectivity index (χ0) is 8.69. The van der Waals surface area contributed by atoms with Crippen LogP contribution in [0, 0.1) is 0 Å². The largest absolute Gasteiger partial charge is 0.395 e. The van der Waals surface area contributed by atoms with Gasteiger partial charge in [-0.3, -0.25) is 4.79 Å². The van der Waals surface area contributed by atoms with Crippen LogP contribution in [0.5, 0.6) is 0 Å². The molecule has 1 atom stereocenters. The molecule has 66 valence electrons. The predicted molar refractivity (Wildman–Crippen MR) is 47.2 cm³/mol. The van der Waals surface area contributed by atoms with Crippen molar-refractivity contribution in [1.82, 2.24) is 0 Å². The molecule has 0 fully saturated rings. The summed E-state index contributed by atoms with van der Waals surface area (Å²) in [6.07, 6.45) is 3.06. The monoisotopic (exact) mass is 177 g/mol. The molecule has 0 heterocycles. The smallest absolute Gasteiger partial charge is 0.317 e. The average molecular weight is 177 g/mol. The molecule has 0 unspecified atom stereocenters. The summed E-state index contributed by atoms with van der Waals surface area (Å²) < 4.78 is 4.18. The Labute approximate surface area is 72.9 Å². The molecular weight excluding hydrogens is 162 g/mol.